The lowest BCUT2D eigenvalue weighted by atomic mass is 9.98. The average molecular weight is 444 g/mol. The molecule has 2 aromatic heterocycles. The molecule has 1 aliphatic carbocycles. The predicted octanol–water partition coefficient (Wildman–Crippen LogP) is 3.54. The molecule has 0 atom stereocenters. The Kier molecular flexibility index (Phi) is 5.01. The lowest BCUT2D eigenvalue weighted by Gasteiger charge is -2.14. The van der Waals surface area contributed by atoms with Gasteiger partial charge < -0.3 is 0 Å². The summed E-state index contributed by atoms with van der Waals surface area (Å²) < 4.78 is 84.4. The molecule has 0 bridgehead atoms. The van der Waals surface area contributed by atoms with Gasteiger partial charge in [0, 0.05) is 17.7 Å². The first kappa shape index (κ1) is 20.7. The second-order valence-electron chi connectivity index (χ2n) is 7.18. The highest BCUT2D eigenvalue weighted by Gasteiger charge is 2.38. The fraction of sp³-hybridized carbons (Fsp3) is 0.389. The van der Waals surface area contributed by atoms with Gasteiger partial charge in [0.2, 0.25) is 5.95 Å². The molecule has 1 aromatic carbocycles. The van der Waals surface area contributed by atoms with E-state index in [0.717, 1.165) is 25.2 Å². The molecule has 1 aliphatic rings. The number of nitrogens with zero attached hydrogens (tertiary/aromatic N) is 4. The van der Waals surface area contributed by atoms with E-state index in [1.54, 1.807) is 0 Å². The molecular weight excluding hydrogens is 428 g/mol. The minimum absolute atomic E-state index is 0.0771. The Balaban J connectivity index is 1.78. The van der Waals surface area contributed by atoms with Gasteiger partial charge in [-0.3, -0.25) is 4.18 Å². The zero-order valence-electron chi connectivity index (χ0n) is 15.6. The summed E-state index contributed by atoms with van der Waals surface area (Å²) >= 11 is 0. The minimum Gasteiger partial charge on any atom is -0.264 e. The summed E-state index contributed by atoms with van der Waals surface area (Å²) in [5, 5.41) is 7.57. The number of aromatic nitrogens is 4. The van der Waals surface area contributed by atoms with E-state index in [4.69, 9.17) is 0 Å². The van der Waals surface area contributed by atoms with Crippen LogP contribution in [-0.4, -0.2) is 34.7 Å². The van der Waals surface area contributed by atoms with Crippen molar-refractivity contribution in [3.63, 3.8) is 0 Å². The molecule has 1 saturated carbocycles. The molecule has 0 radical (unpaired) electrons. The summed E-state index contributed by atoms with van der Waals surface area (Å²) in [5.41, 5.74) is -2.11. The van der Waals surface area contributed by atoms with Gasteiger partial charge in [-0.25, -0.2) is 9.67 Å². The summed E-state index contributed by atoms with van der Waals surface area (Å²) in [6, 6.07) is 4.92. The summed E-state index contributed by atoms with van der Waals surface area (Å²) in [7, 11) is -3.78. The van der Waals surface area contributed by atoms with Crippen LogP contribution in [0.4, 0.5) is 17.6 Å². The molecule has 30 heavy (non-hydrogen) atoms. The molecule has 0 aliphatic heterocycles. The van der Waals surface area contributed by atoms with Crippen molar-refractivity contribution in [3.8, 4) is 11.1 Å². The van der Waals surface area contributed by atoms with Crippen molar-refractivity contribution in [2.75, 3.05) is 6.26 Å². The molecular formula is C18H16F4N4O3S. The van der Waals surface area contributed by atoms with E-state index >= 15 is 0 Å². The SMILES string of the molecule is CS(=O)(=O)OCc1ccc(-c2ccc3c(nnn3CC3CC3)c2C(F)(F)F)c(F)n1. The second-order valence-corrected chi connectivity index (χ2v) is 8.82. The first-order chi connectivity index (χ1) is 14.0. The molecule has 1 fully saturated rings. The highest BCUT2D eigenvalue weighted by Crippen LogP contribution is 2.42. The molecule has 0 unspecified atom stereocenters. The van der Waals surface area contributed by atoms with Crippen molar-refractivity contribution in [1.82, 2.24) is 20.0 Å². The van der Waals surface area contributed by atoms with Crippen molar-refractivity contribution in [3.05, 3.63) is 41.5 Å². The number of hydrogen-bond acceptors (Lipinski definition) is 6. The van der Waals surface area contributed by atoms with Crippen LogP contribution >= 0.6 is 0 Å². The monoisotopic (exact) mass is 444 g/mol. The molecule has 0 spiro atoms. The third kappa shape index (κ3) is 4.29. The van der Waals surface area contributed by atoms with Gasteiger partial charge in [-0.05, 0) is 37.0 Å². The quantitative estimate of drug-likeness (QED) is 0.328. The highest BCUT2D eigenvalue weighted by atomic mass is 32.2. The zero-order valence-corrected chi connectivity index (χ0v) is 16.5. The summed E-state index contributed by atoms with van der Waals surface area (Å²) in [6.45, 7) is -0.0468. The Bertz CT molecular complexity index is 1220. The zero-order chi connectivity index (χ0) is 21.7. The van der Waals surface area contributed by atoms with Crippen LogP contribution in [0, 0.1) is 11.9 Å². The average Bonchev–Trinajstić information content (AvgIpc) is 3.37. The van der Waals surface area contributed by atoms with Crippen molar-refractivity contribution < 1.29 is 30.2 Å². The maximum Gasteiger partial charge on any atom is 0.419 e. The van der Waals surface area contributed by atoms with Crippen LogP contribution in [0.1, 0.15) is 24.1 Å². The van der Waals surface area contributed by atoms with Crippen LogP contribution in [0.2, 0.25) is 0 Å². The smallest absolute Gasteiger partial charge is 0.264 e. The number of rotatable bonds is 6. The molecule has 4 rings (SSSR count). The van der Waals surface area contributed by atoms with E-state index in [1.165, 1.54) is 22.9 Å². The molecule has 12 heteroatoms. The van der Waals surface area contributed by atoms with Crippen molar-refractivity contribution in [2.45, 2.75) is 32.2 Å². The first-order valence-corrected chi connectivity index (χ1v) is 10.8. The van der Waals surface area contributed by atoms with E-state index in [2.05, 4.69) is 19.5 Å². The topological polar surface area (TPSA) is 87.0 Å². The van der Waals surface area contributed by atoms with E-state index in [0.29, 0.717) is 12.5 Å². The van der Waals surface area contributed by atoms with Gasteiger partial charge >= 0.3 is 6.18 Å². The Hall–Kier alpha value is -2.60. The number of halogens is 4. The van der Waals surface area contributed by atoms with Crippen LogP contribution < -0.4 is 0 Å². The van der Waals surface area contributed by atoms with Gasteiger partial charge in [0.1, 0.15) is 12.1 Å². The highest BCUT2D eigenvalue weighted by molar-refractivity contribution is 7.85. The van der Waals surface area contributed by atoms with Crippen LogP contribution in [0.3, 0.4) is 0 Å². The predicted molar refractivity (Wildman–Crippen MR) is 98.1 cm³/mol. The van der Waals surface area contributed by atoms with E-state index < -0.39 is 40.0 Å². The van der Waals surface area contributed by atoms with Crippen LogP contribution in [0.25, 0.3) is 22.2 Å². The van der Waals surface area contributed by atoms with Gasteiger partial charge in [0.15, 0.2) is 0 Å². The summed E-state index contributed by atoms with van der Waals surface area (Å²) in [6.07, 6.45) is -1.99. The third-order valence-electron chi connectivity index (χ3n) is 4.72. The van der Waals surface area contributed by atoms with Gasteiger partial charge in [-0.1, -0.05) is 11.3 Å². The van der Waals surface area contributed by atoms with E-state index in [9.17, 15) is 26.0 Å². The first-order valence-electron chi connectivity index (χ1n) is 8.96. The number of benzene rings is 1. The summed E-state index contributed by atoms with van der Waals surface area (Å²) in [4.78, 5) is 3.54. The fourth-order valence-electron chi connectivity index (χ4n) is 3.15. The molecule has 2 heterocycles. The van der Waals surface area contributed by atoms with Crippen molar-refractivity contribution >= 4 is 21.2 Å². The fourth-order valence-corrected chi connectivity index (χ4v) is 3.48. The third-order valence-corrected chi connectivity index (χ3v) is 5.26. The molecule has 7 nitrogen and oxygen atoms in total. The van der Waals surface area contributed by atoms with E-state index in [-0.39, 0.29) is 22.3 Å². The molecule has 3 aromatic rings. The van der Waals surface area contributed by atoms with Crippen LogP contribution in [0.5, 0.6) is 0 Å². The molecule has 0 amide bonds. The lowest BCUT2D eigenvalue weighted by molar-refractivity contribution is -0.135. The van der Waals surface area contributed by atoms with Gasteiger partial charge in [0.25, 0.3) is 10.1 Å². The number of fused-ring (bicyclic) bond motifs is 1. The maximum atomic E-state index is 14.6. The lowest BCUT2D eigenvalue weighted by Crippen LogP contribution is -2.10. The Labute approximate surface area is 168 Å². The second kappa shape index (κ2) is 7.27. The summed E-state index contributed by atoms with van der Waals surface area (Å²) in [5.74, 6) is -0.799. The molecule has 0 N–H and O–H groups in total. The van der Waals surface area contributed by atoms with Gasteiger partial charge in [-0.2, -0.15) is 26.0 Å². The van der Waals surface area contributed by atoms with Gasteiger partial charge in [-0.15, -0.1) is 5.10 Å². The molecule has 160 valence electrons. The van der Waals surface area contributed by atoms with Gasteiger partial charge in [0.05, 0.1) is 23.0 Å². The van der Waals surface area contributed by atoms with Crippen LogP contribution in [0.15, 0.2) is 24.3 Å². The number of alkyl halides is 3. The van der Waals surface area contributed by atoms with E-state index in [1.807, 2.05) is 0 Å². The van der Waals surface area contributed by atoms with Crippen molar-refractivity contribution in [2.24, 2.45) is 5.92 Å². The number of hydrogen-bond donors (Lipinski definition) is 0. The Morgan fingerprint density at radius 1 is 1.17 bits per heavy atom. The van der Waals surface area contributed by atoms with Crippen molar-refractivity contribution in [1.29, 1.82) is 0 Å². The standard InChI is InChI=1S/C18H16F4N4O3S/c1-30(27,28)29-9-11-4-5-13(17(19)23-11)12-6-7-14-16(15(12)18(20,21)22)24-25-26(14)8-10-2-3-10/h4-7,10H,2-3,8-9H2,1H3. The molecule has 0 saturated heterocycles. The Morgan fingerprint density at radius 3 is 2.47 bits per heavy atom. The van der Waals surface area contributed by atoms with Crippen LogP contribution in [-0.2, 0) is 33.6 Å². The maximum absolute atomic E-state index is 14.6. The largest absolute Gasteiger partial charge is 0.419 e. The number of pyridine rings is 1. The Morgan fingerprint density at radius 2 is 1.87 bits per heavy atom. The minimum atomic E-state index is -4.81. The normalized spacial score (nSPS) is 15.1.